The van der Waals surface area contributed by atoms with Crippen molar-refractivity contribution in [1.82, 2.24) is 4.98 Å². The molecular formula is C7H14N2O. The van der Waals surface area contributed by atoms with E-state index in [9.17, 15) is 0 Å². The van der Waals surface area contributed by atoms with E-state index in [-0.39, 0.29) is 8.03 Å². The molecule has 1 rings (SSSR count). The van der Waals surface area contributed by atoms with E-state index in [4.69, 9.17) is 10.8 Å². The van der Waals surface area contributed by atoms with Crippen molar-refractivity contribution in [3.05, 3.63) is 24.4 Å². The number of rotatable bonds is 0. The van der Waals surface area contributed by atoms with Gasteiger partial charge in [0.15, 0.2) is 0 Å². The van der Waals surface area contributed by atoms with Gasteiger partial charge in [0.25, 0.3) is 0 Å². The number of nitrogens with zero attached hydrogens (tertiary/aromatic N) is 1. The zero-order chi connectivity index (χ0) is 7.82. The number of hydrogen-bond acceptors (Lipinski definition) is 3. The first-order chi connectivity index (χ1) is 4.81. The number of aliphatic hydroxyl groups is 1. The minimum absolute atomic E-state index is 0. The van der Waals surface area contributed by atoms with E-state index in [1.165, 1.54) is 0 Å². The summed E-state index contributed by atoms with van der Waals surface area (Å²) in [6.45, 7) is 1.93. The van der Waals surface area contributed by atoms with Crippen molar-refractivity contribution in [2.24, 2.45) is 0 Å². The smallest absolute Gasteiger partial charge is 0.123 e. The highest BCUT2D eigenvalue weighted by Gasteiger charge is 1.73. The van der Waals surface area contributed by atoms with Crippen LogP contribution in [0.4, 0.5) is 5.82 Å². The van der Waals surface area contributed by atoms with Gasteiger partial charge in [0.2, 0.25) is 0 Å². The van der Waals surface area contributed by atoms with Gasteiger partial charge in [-0.25, -0.2) is 4.98 Å². The van der Waals surface area contributed by atoms with Crippen molar-refractivity contribution < 1.29 is 6.53 Å². The lowest BCUT2D eigenvalue weighted by molar-refractivity contribution is 0.318. The van der Waals surface area contributed by atoms with E-state index < -0.39 is 0 Å². The van der Waals surface area contributed by atoms with E-state index in [1.807, 2.05) is 12.1 Å². The van der Waals surface area contributed by atoms with Gasteiger partial charge in [-0.3, -0.25) is 0 Å². The van der Waals surface area contributed by atoms with Gasteiger partial charge < -0.3 is 10.8 Å². The van der Waals surface area contributed by atoms with Crippen molar-refractivity contribution in [2.45, 2.75) is 6.92 Å². The monoisotopic (exact) mass is 142 g/mol. The largest absolute Gasteiger partial charge is 0.397 e. The molecule has 0 aromatic carbocycles. The molecule has 1 heterocycles. The van der Waals surface area contributed by atoms with Crippen molar-refractivity contribution >= 4 is 5.82 Å². The third-order valence-corrected chi connectivity index (χ3v) is 0.688. The summed E-state index contributed by atoms with van der Waals surface area (Å²) in [6.07, 6.45) is 1.66. The number of pyridine rings is 1. The fourth-order valence-corrected chi connectivity index (χ4v) is 0.376. The van der Waals surface area contributed by atoms with Crippen LogP contribution in [0.3, 0.4) is 0 Å². The Morgan fingerprint density at radius 3 is 2.50 bits per heavy atom. The highest BCUT2D eigenvalue weighted by molar-refractivity contribution is 5.25. The second-order valence-corrected chi connectivity index (χ2v) is 1.57. The van der Waals surface area contributed by atoms with Crippen LogP contribution in [0.1, 0.15) is 8.35 Å². The fraction of sp³-hybridized carbons (Fsp3) is 0.286. The predicted molar refractivity (Wildman–Crippen MR) is 43.5 cm³/mol. The van der Waals surface area contributed by atoms with Crippen LogP contribution in [0.5, 0.6) is 0 Å². The molecule has 0 radical (unpaired) electrons. The zero-order valence-corrected chi connectivity index (χ0v) is 5.99. The van der Waals surface area contributed by atoms with Gasteiger partial charge >= 0.3 is 0 Å². The lowest BCUT2D eigenvalue weighted by atomic mass is 10.5. The molecule has 0 aliphatic rings. The number of nitrogens with two attached hydrogens (primary N) is 1. The van der Waals surface area contributed by atoms with Crippen LogP contribution in [-0.4, -0.2) is 16.7 Å². The Bertz CT molecular complexity index is 158. The summed E-state index contributed by atoms with van der Waals surface area (Å²) in [5, 5.41) is 7.57. The molecule has 1 aromatic rings. The standard InChI is InChI=1S/C5H6N2.C2H6O.H2/c6-5-3-1-2-4-7-5;1-2-3;/h1-4H,(H2,6,7);3H,2H2,1H3;1H. The minimum atomic E-state index is 0. The third-order valence-electron chi connectivity index (χ3n) is 0.688. The average molecular weight is 142 g/mol. The molecule has 0 aliphatic carbocycles. The van der Waals surface area contributed by atoms with Crippen LogP contribution in [0.15, 0.2) is 24.4 Å². The lowest BCUT2D eigenvalue weighted by Gasteiger charge is -1.82. The summed E-state index contributed by atoms with van der Waals surface area (Å²) in [6, 6.07) is 5.43. The molecule has 0 saturated heterocycles. The maximum absolute atomic E-state index is 7.57. The molecule has 0 spiro atoms. The first kappa shape index (κ1) is 8.91. The molecule has 0 fully saturated rings. The Kier molecular flexibility index (Phi) is 5.38. The van der Waals surface area contributed by atoms with Crippen molar-refractivity contribution in [2.75, 3.05) is 12.3 Å². The van der Waals surface area contributed by atoms with Crippen molar-refractivity contribution in [3.63, 3.8) is 0 Å². The summed E-state index contributed by atoms with van der Waals surface area (Å²) in [4.78, 5) is 3.76. The van der Waals surface area contributed by atoms with Gasteiger partial charge in [-0.15, -0.1) is 0 Å². The van der Waals surface area contributed by atoms with Crippen LogP contribution >= 0.6 is 0 Å². The minimum Gasteiger partial charge on any atom is -0.397 e. The molecule has 3 heteroatoms. The summed E-state index contributed by atoms with van der Waals surface area (Å²) < 4.78 is 0. The Morgan fingerprint density at radius 1 is 1.70 bits per heavy atom. The van der Waals surface area contributed by atoms with Crippen LogP contribution < -0.4 is 5.73 Å². The van der Waals surface area contributed by atoms with Gasteiger partial charge in [0.05, 0.1) is 0 Å². The highest BCUT2D eigenvalue weighted by Crippen LogP contribution is 1.89. The Morgan fingerprint density at radius 2 is 2.30 bits per heavy atom. The first-order valence-corrected chi connectivity index (χ1v) is 3.08. The second kappa shape index (κ2) is 6.04. The Balaban J connectivity index is 0. The van der Waals surface area contributed by atoms with Gasteiger partial charge in [-0.2, -0.15) is 0 Å². The molecule has 10 heavy (non-hydrogen) atoms. The second-order valence-electron chi connectivity index (χ2n) is 1.57. The summed E-state index contributed by atoms with van der Waals surface area (Å²) >= 11 is 0. The topological polar surface area (TPSA) is 59.1 Å². The van der Waals surface area contributed by atoms with E-state index >= 15 is 0 Å². The maximum atomic E-state index is 7.57. The summed E-state index contributed by atoms with van der Waals surface area (Å²) in [7, 11) is 0. The quantitative estimate of drug-likeness (QED) is 0.566. The van der Waals surface area contributed by atoms with Crippen molar-refractivity contribution in [1.29, 1.82) is 0 Å². The molecule has 0 atom stereocenters. The average Bonchev–Trinajstić information content (AvgIpc) is 1.91. The Labute approximate surface area is 62.0 Å². The number of hydrogen-bond donors (Lipinski definition) is 2. The van der Waals surface area contributed by atoms with Crippen LogP contribution in [0.2, 0.25) is 0 Å². The molecule has 3 nitrogen and oxygen atoms in total. The molecule has 0 amide bonds. The number of anilines is 1. The van der Waals surface area contributed by atoms with Gasteiger partial charge in [-0.1, -0.05) is 6.07 Å². The number of nitrogen functional groups attached to an aromatic ring is 1. The normalized spacial score (nSPS) is 7.80. The highest BCUT2D eigenvalue weighted by atomic mass is 16.2. The van der Waals surface area contributed by atoms with Gasteiger partial charge in [-0.05, 0) is 19.1 Å². The maximum Gasteiger partial charge on any atom is 0.123 e. The van der Waals surface area contributed by atoms with E-state index in [1.54, 1.807) is 19.2 Å². The van der Waals surface area contributed by atoms with Gasteiger partial charge in [0, 0.05) is 14.2 Å². The van der Waals surface area contributed by atoms with E-state index in [0.29, 0.717) is 5.82 Å². The summed E-state index contributed by atoms with van der Waals surface area (Å²) in [5.41, 5.74) is 5.25. The third kappa shape index (κ3) is 5.05. The van der Waals surface area contributed by atoms with Crippen LogP contribution in [0.25, 0.3) is 0 Å². The molecule has 58 valence electrons. The molecule has 0 unspecified atom stereocenters. The lowest BCUT2D eigenvalue weighted by Crippen LogP contribution is -1.85. The van der Waals surface area contributed by atoms with E-state index in [0.717, 1.165) is 0 Å². The summed E-state index contributed by atoms with van der Waals surface area (Å²) in [5.74, 6) is 0.572. The SMILES string of the molecule is CCO.Nc1ccccn1.[HH]. The predicted octanol–water partition coefficient (Wildman–Crippen LogP) is 0.908. The van der Waals surface area contributed by atoms with Crippen molar-refractivity contribution in [3.8, 4) is 0 Å². The molecule has 0 aliphatic heterocycles. The van der Waals surface area contributed by atoms with E-state index in [2.05, 4.69) is 4.98 Å². The first-order valence-electron chi connectivity index (χ1n) is 3.08. The fourth-order valence-electron chi connectivity index (χ4n) is 0.376. The molecule has 0 saturated carbocycles. The van der Waals surface area contributed by atoms with Gasteiger partial charge in [0.1, 0.15) is 5.82 Å². The number of aromatic nitrogens is 1. The molecule has 1 aromatic heterocycles. The Hall–Kier alpha value is -1.09. The number of aliphatic hydroxyl groups excluding tert-OH is 1. The molecular weight excluding hydrogens is 128 g/mol. The zero-order valence-electron chi connectivity index (χ0n) is 5.99. The van der Waals surface area contributed by atoms with Crippen LogP contribution in [0, 0.1) is 0 Å². The van der Waals surface area contributed by atoms with Crippen LogP contribution in [-0.2, 0) is 0 Å². The molecule has 0 bridgehead atoms. The molecule has 3 N–H and O–H groups in total.